The van der Waals surface area contributed by atoms with Crippen molar-refractivity contribution in [2.24, 2.45) is 0 Å². The zero-order chi connectivity index (χ0) is 24.5. The highest BCUT2D eigenvalue weighted by atomic mass is 19.1. The standard InChI is InChI=1S/C26H27FN6O2/c1-4-35-26(34)32-14-17(2)31(13-18(32)3)24-23-21(20-9-5-6-10-22(20)27)15-33(25(23)30-16-29-24)19-8-7-11-28-12-19/h5-12,15-18H,4,13-14H2,1-3H3/t17-,18+/m0/s1. The van der Waals surface area contributed by atoms with Crippen molar-refractivity contribution < 1.29 is 13.9 Å². The summed E-state index contributed by atoms with van der Waals surface area (Å²) in [6.07, 6.45) is 6.56. The Bertz CT molecular complexity index is 1360. The summed E-state index contributed by atoms with van der Waals surface area (Å²) in [6, 6.07) is 10.4. The molecule has 1 aliphatic rings. The lowest BCUT2D eigenvalue weighted by Crippen LogP contribution is -2.58. The molecule has 1 aliphatic heterocycles. The summed E-state index contributed by atoms with van der Waals surface area (Å²) in [5.74, 6) is 0.389. The van der Waals surface area contributed by atoms with Crippen LogP contribution in [-0.4, -0.2) is 62.3 Å². The van der Waals surface area contributed by atoms with Gasteiger partial charge in [-0.25, -0.2) is 19.2 Å². The monoisotopic (exact) mass is 474 g/mol. The number of piperazine rings is 1. The van der Waals surface area contributed by atoms with E-state index in [0.717, 1.165) is 11.1 Å². The van der Waals surface area contributed by atoms with E-state index in [-0.39, 0.29) is 24.0 Å². The molecule has 0 bridgehead atoms. The highest BCUT2D eigenvalue weighted by molar-refractivity contribution is 6.02. The van der Waals surface area contributed by atoms with Crippen molar-refractivity contribution in [3.63, 3.8) is 0 Å². The molecular weight excluding hydrogens is 447 g/mol. The first kappa shape index (κ1) is 22.8. The van der Waals surface area contributed by atoms with E-state index in [1.807, 2.05) is 42.8 Å². The summed E-state index contributed by atoms with van der Waals surface area (Å²) in [6.45, 7) is 7.22. The van der Waals surface area contributed by atoms with Gasteiger partial charge in [-0.05, 0) is 39.0 Å². The number of benzene rings is 1. The minimum absolute atomic E-state index is 0.0380. The number of anilines is 1. The molecule has 180 valence electrons. The number of rotatable bonds is 4. The van der Waals surface area contributed by atoms with Gasteiger partial charge >= 0.3 is 6.09 Å². The van der Waals surface area contributed by atoms with Gasteiger partial charge in [0, 0.05) is 48.7 Å². The summed E-state index contributed by atoms with van der Waals surface area (Å²) < 4.78 is 22.2. The molecule has 0 unspecified atom stereocenters. The molecule has 0 aliphatic carbocycles. The van der Waals surface area contributed by atoms with Crippen LogP contribution in [0.2, 0.25) is 0 Å². The third-order valence-corrected chi connectivity index (χ3v) is 6.41. The zero-order valence-corrected chi connectivity index (χ0v) is 19.9. The second-order valence-electron chi connectivity index (χ2n) is 8.70. The van der Waals surface area contributed by atoms with Crippen LogP contribution in [0.5, 0.6) is 0 Å². The van der Waals surface area contributed by atoms with Gasteiger partial charge in [-0.15, -0.1) is 0 Å². The van der Waals surface area contributed by atoms with Crippen molar-refractivity contribution >= 4 is 22.9 Å². The number of amides is 1. The van der Waals surface area contributed by atoms with Crippen LogP contribution >= 0.6 is 0 Å². The van der Waals surface area contributed by atoms with Crippen LogP contribution in [0.25, 0.3) is 27.8 Å². The molecule has 5 rings (SSSR count). The molecule has 1 saturated heterocycles. The summed E-state index contributed by atoms with van der Waals surface area (Å²) in [5.41, 5.74) is 2.65. The molecule has 0 N–H and O–H groups in total. The number of fused-ring (bicyclic) bond motifs is 1. The van der Waals surface area contributed by atoms with Gasteiger partial charge in [0.1, 0.15) is 18.0 Å². The number of hydrogen-bond donors (Lipinski definition) is 0. The van der Waals surface area contributed by atoms with Gasteiger partial charge in [0.2, 0.25) is 0 Å². The van der Waals surface area contributed by atoms with E-state index in [0.29, 0.717) is 42.3 Å². The summed E-state index contributed by atoms with van der Waals surface area (Å²) in [5, 5.41) is 0.755. The maximum Gasteiger partial charge on any atom is 0.410 e. The maximum atomic E-state index is 15.0. The Balaban J connectivity index is 1.67. The van der Waals surface area contributed by atoms with Gasteiger partial charge in [0.25, 0.3) is 0 Å². The van der Waals surface area contributed by atoms with Crippen LogP contribution in [0.15, 0.2) is 61.3 Å². The Morgan fingerprint density at radius 3 is 2.66 bits per heavy atom. The van der Waals surface area contributed by atoms with Gasteiger partial charge in [-0.2, -0.15) is 0 Å². The topological polar surface area (TPSA) is 76.4 Å². The molecule has 0 saturated carbocycles. The molecule has 0 spiro atoms. The second kappa shape index (κ2) is 9.32. The van der Waals surface area contributed by atoms with Crippen molar-refractivity contribution in [1.82, 2.24) is 24.4 Å². The van der Waals surface area contributed by atoms with Crippen molar-refractivity contribution in [2.75, 3.05) is 24.6 Å². The second-order valence-corrected chi connectivity index (χ2v) is 8.70. The first-order chi connectivity index (χ1) is 17.0. The number of carbonyl (C=O) groups excluding carboxylic acids is 1. The van der Waals surface area contributed by atoms with E-state index < -0.39 is 0 Å². The van der Waals surface area contributed by atoms with Crippen LogP contribution in [-0.2, 0) is 4.74 Å². The van der Waals surface area contributed by atoms with E-state index in [9.17, 15) is 4.79 Å². The van der Waals surface area contributed by atoms with Crippen LogP contribution in [0.1, 0.15) is 20.8 Å². The fourth-order valence-corrected chi connectivity index (χ4v) is 4.72. The lowest BCUT2D eigenvalue weighted by Gasteiger charge is -2.44. The average molecular weight is 475 g/mol. The molecular formula is C26H27FN6O2. The number of halogens is 1. The maximum absolute atomic E-state index is 15.0. The van der Waals surface area contributed by atoms with Crippen molar-refractivity contribution in [3.05, 3.63) is 67.1 Å². The van der Waals surface area contributed by atoms with Gasteiger partial charge < -0.3 is 14.5 Å². The van der Waals surface area contributed by atoms with Crippen LogP contribution in [0.4, 0.5) is 15.0 Å². The molecule has 3 aromatic heterocycles. The number of aromatic nitrogens is 4. The largest absolute Gasteiger partial charge is 0.450 e. The number of pyridine rings is 1. The van der Waals surface area contributed by atoms with E-state index >= 15 is 4.39 Å². The van der Waals surface area contributed by atoms with Crippen LogP contribution in [0.3, 0.4) is 0 Å². The SMILES string of the molecule is CCOC(=O)N1C[C@H](C)N(c2ncnc3c2c(-c2ccccc2F)cn3-c2cccnc2)C[C@H]1C. The van der Waals surface area contributed by atoms with Crippen LogP contribution in [0, 0.1) is 5.82 Å². The Kier molecular flexibility index (Phi) is 6.07. The number of nitrogens with zero attached hydrogens (tertiary/aromatic N) is 6. The molecule has 2 atom stereocenters. The highest BCUT2D eigenvalue weighted by Crippen LogP contribution is 2.39. The van der Waals surface area contributed by atoms with Gasteiger partial charge in [-0.3, -0.25) is 9.55 Å². The normalized spacial score (nSPS) is 18.2. The summed E-state index contributed by atoms with van der Waals surface area (Å²) >= 11 is 0. The molecule has 9 heteroatoms. The number of hydrogen-bond acceptors (Lipinski definition) is 6. The molecule has 4 aromatic rings. The van der Waals surface area contributed by atoms with Gasteiger partial charge in [-0.1, -0.05) is 18.2 Å². The van der Waals surface area contributed by atoms with Crippen molar-refractivity contribution in [2.45, 2.75) is 32.9 Å². The van der Waals surface area contributed by atoms with Gasteiger partial charge in [0.15, 0.2) is 5.65 Å². The number of carbonyl (C=O) groups is 1. The first-order valence-electron chi connectivity index (χ1n) is 11.7. The lowest BCUT2D eigenvalue weighted by molar-refractivity contribution is 0.0829. The smallest absolute Gasteiger partial charge is 0.410 e. The fraction of sp³-hybridized carbons (Fsp3) is 0.308. The van der Waals surface area contributed by atoms with Gasteiger partial charge in [0.05, 0.1) is 23.9 Å². The van der Waals surface area contributed by atoms with Crippen molar-refractivity contribution in [1.29, 1.82) is 0 Å². The number of ether oxygens (including phenoxy) is 1. The fourth-order valence-electron chi connectivity index (χ4n) is 4.72. The average Bonchev–Trinajstić information content (AvgIpc) is 3.26. The summed E-state index contributed by atoms with van der Waals surface area (Å²) in [4.78, 5) is 29.9. The predicted molar refractivity (Wildman–Crippen MR) is 132 cm³/mol. The molecule has 4 heterocycles. The summed E-state index contributed by atoms with van der Waals surface area (Å²) in [7, 11) is 0. The van der Waals surface area contributed by atoms with E-state index in [2.05, 4.69) is 19.9 Å². The molecule has 8 nitrogen and oxygen atoms in total. The Hall–Kier alpha value is -4.01. The first-order valence-corrected chi connectivity index (χ1v) is 11.7. The van der Waals surface area contributed by atoms with Crippen molar-refractivity contribution in [3.8, 4) is 16.8 Å². The van der Waals surface area contributed by atoms with E-state index in [1.165, 1.54) is 12.4 Å². The lowest BCUT2D eigenvalue weighted by atomic mass is 10.0. The molecule has 0 radical (unpaired) electrons. The Morgan fingerprint density at radius 2 is 1.91 bits per heavy atom. The zero-order valence-electron chi connectivity index (χ0n) is 19.9. The Morgan fingerprint density at radius 1 is 1.09 bits per heavy atom. The molecule has 1 aromatic carbocycles. The van der Waals surface area contributed by atoms with Crippen LogP contribution < -0.4 is 4.90 Å². The minimum atomic E-state index is -0.318. The third-order valence-electron chi connectivity index (χ3n) is 6.41. The molecule has 35 heavy (non-hydrogen) atoms. The highest BCUT2D eigenvalue weighted by Gasteiger charge is 2.35. The third kappa shape index (κ3) is 4.07. The minimum Gasteiger partial charge on any atom is -0.450 e. The molecule has 1 amide bonds. The van der Waals surface area contributed by atoms with E-state index in [1.54, 1.807) is 36.4 Å². The van der Waals surface area contributed by atoms with E-state index in [4.69, 9.17) is 4.74 Å². The Labute approximate surface area is 203 Å². The quantitative estimate of drug-likeness (QED) is 0.428. The molecule has 1 fully saturated rings. The predicted octanol–water partition coefficient (Wildman–Crippen LogP) is 4.68.